The Morgan fingerprint density at radius 2 is 1.78 bits per heavy atom. The van der Waals surface area contributed by atoms with Gasteiger partial charge in [0.05, 0.1) is 5.56 Å². The van der Waals surface area contributed by atoms with Crippen LogP contribution in [0.15, 0.2) is 47.0 Å². The Hall–Kier alpha value is -2.68. The maximum atomic E-state index is 6.16. The highest BCUT2D eigenvalue weighted by Crippen LogP contribution is 2.36. The van der Waals surface area contributed by atoms with Crippen molar-refractivity contribution in [3.05, 3.63) is 59.4 Å². The molecule has 3 aromatic heterocycles. The molecule has 1 aromatic carbocycles. The molecular weight excluding hydrogens is 284 g/mol. The molecule has 0 atom stereocenters. The number of nitrogens with zero attached hydrogens (tertiary/aromatic N) is 2. The zero-order valence-electron chi connectivity index (χ0n) is 13.8. The van der Waals surface area contributed by atoms with Crippen LogP contribution in [-0.2, 0) is 7.05 Å². The third-order valence-electron chi connectivity index (χ3n) is 4.39. The molecule has 0 fully saturated rings. The summed E-state index contributed by atoms with van der Waals surface area (Å²) in [6.07, 6.45) is 2.13. The number of fused-ring (bicyclic) bond motifs is 3. The number of benzene rings is 1. The van der Waals surface area contributed by atoms with Gasteiger partial charge in [0.25, 0.3) is 0 Å². The number of rotatable bonds is 1. The molecule has 4 rings (SSSR count). The Morgan fingerprint density at radius 3 is 2.57 bits per heavy atom. The minimum Gasteiger partial charge on any atom is -0.437 e. The molecule has 4 aromatic rings. The van der Waals surface area contributed by atoms with Crippen LogP contribution < -0.4 is 4.57 Å². The van der Waals surface area contributed by atoms with Crippen LogP contribution in [0.25, 0.3) is 33.3 Å². The van der Waals surface area contributed by atoms with Crippen molar-refractivity contribution in [3.63, 3.8) is 0 Å². The van der Waals surface area contributed by atoms with E-state index in [9.17, 15) is 0 Å². The molecule has 0 amide bonds. The van der Waals surface area contributed by atoms with Crippen molar-refractivity contribution in [3.8, 4) is 11.3 Å². The zero-order valence-corrected chi connectivity index (χ0v) is 13.8. The molecule has 0 aliphatic heterocycles. The summed E-state index contributed by atoms with van der Waals surface area (Å²) in [6.45, 7) is 6.21. The molecular formula is C20H19N2O+. The normalized spacial score (nSPS) is 11.5. The molecule has 3 nitrogen and oxygen atoms in total. The van der Waals surface area contributed by atoms with E-state index >= 15 is 0 Å². The number of furan rings is 1. The van der Waals surface area contributed by atoms with E-state index in [1.165, 1.54) is 11.1 Å². The first kappa shape index (κ1) is 13.9. The zero-order chi connectivity index (χ0) is 16.1. The first-order chi connectivity index (χ1) is 11.0. The first-order valence-electron chi connectivity index (χ1n) is 7.81. The lowest BCUT2D eigenvalue weighted by molar-refractivity contribution is -0.660. The molecule has 0 saturated heterocycles. The topological polar surface area (TPSA) is 29.9 Å². The molecule has 114 valence electrons. The average Bonchev–Trinajstić information content (AvgIpc) is 2.87. The van der Waals surface area contributed by atoms with E-state index in [1.54, 1.807) is 0 Å². The number of hydrogen-bond acceptors (Lipinski definition) is 2. The summed E-state index contributed by atoms with van der Waals surface area (Å²) in [7, 11) is 2.07. The molecule has 0 unspecified atom stereocenters. The Kier molecular flexibility index (Phi) is 2.98. The van der Waals surface area contributed by atoms with Gasteiger partial charge in [0, 0.05) is 28.1 Å². The van der Waals surface area contributed by atoms with Crippen molar-refractivity contribution < 1.29 is 8.98 Å². The van der Waals surface area contributed by atoms with Crippen LogP contribution in [0.4, 0.5) is 0 Å². The monoisotopic (exact) mass is 303 g/mol. The minimum atomic E-state index is 0.713. The van der Waals surface area contributed by atoms with Crippen LogP contribution in [0.3, 0.4) is 0 Å². The van der Waals surface area contributed by atoms with Crippen molar-refractivity contribution in [1.29, 1.82) is 0 Å². The van der Waals surface area contributed by atoms with Gasteiger partial charge in [-0.2, -0.15) is 0 Å². The lowest BCUT2D eigenvalue weighted by Crippen LogP contribution is -2.30. The van der Waals surface area contributed by atoms with Crippen molar-refractivity contribution >= 4 is 22.1 Å². The highest BCUT2D eigenvalue weighted by Gasteiger charge is 2.19. The van der Waals surface area contributed by atoms with Gasteiger partial charge in [0.1, 0.15) is 7.05 Å². The van der Waals surface area contributed by atoms with Crippen LogP contribution >= 0.6 is 0 Å². The molecule has 0 spiro atoms. The fourth-order valence-electron chi connectivity index (χ4n) is 3.25. The van der Waals surface area contributed by atoms with E-state index in [1.807, 2.05) is 13.0 Å². The number of aromatic nitrogens is 2. The number of hydrogen-bond donors (Lipinski definition) is 0. The van der Waals surface area contributed by atoms with E-state index in [2.05, 4.69) is 67.0 Å². The van der Waals surface area contributed by atoms with Crippen molar-refractivity contribution in [2.75, 3.05) is 0 Å². The summed E-state index contributed by atoms with van der Waals surface area (Å²) >= 11 is 0. The van der Waals surface area contributed by atoms with Gasteiger partial charge in [0.2, 0.25) is 11.4 Å². The van der Waals surface area contributed by atoms with Crippen molar-refractivity contribution in [1.82, 2.24) is 4.98 Å². The predicted molar refractivity (Wildman–Crippen MR) is 92.3 cm³/mol. The lowest BCUT2D eigenvalue weighted by atomic mass is 10.0. The fourth-order valence-corrected chi connectivity index (χ4v) is 3.25. The Labute approximate surface area is 135 Å². The van der Waals surface area contributed by atoms with Crippen LogP contribution in [0.5, 0.6) is 0 Å². The van der Waals surface area contributed by atoms with Gasteiger partial charge in [0.15, 0.2) is 11.8 Å². The van der Waals surface area contributed by atoms with Gasteiger partial charge in [-0.3, -0.25) is 0 Å². The van der Waals surface area contributed by atoms with Gasteiger partial charge in [-0.25, -0.2) is 9.55 Å². The first-order valence-corrected chi connectivity index (χ1v) is 7.81. The van der Waals surface area contributed by atoms with Crippen LogP contribution in [0.1, 0.15) is 16.8 Å². The summed E-state index contributed by atoms with van der Waals surface area (Å²) in [5, 5.41) is 2.24. The summed E-state index contributed by atoms with van der Waals surface area (Å²) in [5.74, 6) is 0. The van der Waals surface area contributed by atoms with E-state index in [0.717, 1.165) is 33.3 Å². The molecule has 3 heterocycles. The molecule has 0 aliphatic carbocycles. The standard InChI is InChI=1S/C20H19N2O/c1-12-5-10-17(22(4)11-12)15-8-6-13(2)18-16-9-7-14(3)21-20(16)23-19(15)18/h5-11H,1-4H3/q+1. The Bertz CT molecular complexity index is 1060. The van der Waals surface area contributed by atoms with E-state index in [0.29, 0.717) is 5.71 Å². The maximum absolute atomic E-state index is 6.16. The largest absolute Gasteiger partial charge is 0.437 e. The number of aryl methyl sites for hydroxylation is 4. The average molecular weight is 303 g/mol. The number of pyridine rings is 2. The molecule has 3 heteroatoms. The molecule has 0 radical (unpaired) electrons. The van der Waals surface area contributed by atoms with Crippen molar-refractivity contribution in [2.24, 2.45) is 7.05 Å². The summed E-state index contributed by atoms with van der Waals surface area (Å²) in [5.41, 5.74) is 7.28. The Balaban J connectivity index is 2.12. The predicted octanol–water partition coefficient (Wildman–Crippen LogP) is 4.40. The van der Waals surface area contributed by atoms with Gasteiger partial charge >= 0.3 is 0 Å². The highest BCUT2D eigenvalue weighted by molar-refractivity contribution is 6.09. The summed E-state index contributed by atoms with van der Waals surface area (Å²) in [4.78, 5) is 4.55. The second-order valence-corrected chi connectivity index (χ2v) is 6.24. The second-order valence-electron chi connectivity index (χ2n) is 6.24. The van der Waals surface area contributed by atoms with Gasteiger partial charge in [-0.15, -0.1) is 0 Å². The maximum Gasteiger partial charge on any atom is 0.227 e. The molecule has 0 aliphatic rings. The summed E-state index contributed by atoms with van der Waals surface area (Å²) in [6, 6.07) is 12.7. The van der Waals surface area contributed by atoms with Gasteiger partial charge in [-0.05, 0) is 50.6 Å². The van der Waals surface area contributed by atoms with Crippen LogP contribution in [0.2, 0.25) is 0 Å². The fraction of sp³-hybridized carbons (Fsp3) is 0.200. The molecule has 0 bridgehead atoms. The van der Waals surface area contributed by atoms with E-state index in [-0.39, 0.29) is 0 Å². The smallest absolute Gasteiger partial charge is 0.227 e. The second kappa shape index (κ2) is 4.92. The van der Waals surface area contributed by atoms with Crippen LogP contribution in [0, 0.1) is 20.8 Å². The van der Waals surface area contributed by atoms with Gasteiger partial charge in [-0.1, -0.05) is 6.07 Å². The highest BCUT2D eigenvalue weighted by atomic mass is 16.3. The quantitative estimate of drug-likeness (QED) is 0.488. The third-order valence-corrected chi connectivity index (χ3v) is 4.39. The van der Waals surface area contributed by atoms with Crippen molar-refractivity contribution in [2.45, 2.75) is 20.8 Å². The lowest BCUT2D eigenvalue weighted by Gasteiger charge is -2.04. The molecule has 23 heavy (non-hydrogen) atoms. The van der Waals surface area contributed by atoms with E-state index in [4.69, 9.17) is 4.42 Å². The van der Waals surface area contributed by atoms with Crippen LogP contribution in [-0.4, -0.2) is 4.98 Å². The Morgan fingerprint density at radius 1 is 0.957 bits per heavy atom. The SMILES string of the molecule is Cc1ccc(-c2ccc(C)c3c2oc2nc(C)ccc23)[n+](C)c1. The summed E-state index contributed by atoms with van der Waals surface area (Å²) < 4.78 is 8.30. The van der Waals surface area contributed by atoms with E-state index < -0.39 is 0 Å². The third kappa shape index (κ3) is 2.12. The van der Waals surface area contributed by atoms with Gasteiger partial charge < -0.3 is 4.42 Å². The molecule has 0 N–H and O–H groups in total. The minimum absolute atomic E-state index is 0.713. The molecule has 0 saturated carbocycles.